The Labute approximate surface area is 120 Å². The zero-order valence-electron chi connectivity index (χ0n) is 10.4. The first-order chi connectivity index (χ1) is 9.15. The number of Topliss-reactive ketones (excluding diaryl/α,β-unsaturated/α-hetero) is 1. The third-order valence-electron chi connectivity index (χ3n) is 3.15. The first kappa shape index (κ1) is 12.5. The number of aromatic nitrogens is 1. The second-order valence-electron chi connectivity index (χ2n) is 4.48. The van der Waals surface area contributed by atoms with E-state index in [0.717, 1.165) is 5.52 Å². The number of carbonyl (C=O) groups excluding carboxylic acids is 1. The van der Waals surface area contributed by atoms with E-state index in [1.54, 1.807) is 12.1 Å². The molecule has 0 radical (unpaired) electrons. The maximum atomic E-state index is 12.2. The molecule has 0 aliphatic heterocycles. The zero-order chi connectivity index (χ0) is 13.4. The van der Waals surface area contributed by atoms with Crippen molar-refractivity contribution in [2.24, 2.45) is 0 Å². The Kier molecular flexibility index (Phi) is 3.17. The van der Waals surface area contributed by atoms with Crippen molar-refractivity contribution in [3.63, 3.8) is 0 Å². The summed E-state index contributed by atoms with van der Waals surface area (Å²) in [4.78, 5) is 12.9. The van der Waals surface area contributed by atoms with Gasteiger partial charge in [-0.1, -0.05) is 29.8 Å². The molecule has 2 heterocycles. The van der Waals surface area contributed by atoms with Gasteiger partial charge in [0.1, 0.15) is 0 Å². The minimum Gasteiger partial charge on any atom is -0.339 e. The smallest absolute Gasteiger partial charge is 0.192 e. The third kappa shape index (κ3) is 2.31. The highest BCUT2D eigenvalue weighted by atomic mass is 35.5. The van der Waals surface area contributed by atoms with Gasteiger partial charge in [-0.3, -0.25) is 4.79 Å². The highest BCUT2D eigenvalue weighted by Crippen LogP contribution is 2.24. The summed E-state index contributed by atoms with van der Waals surface area (Å²) in [5.74, 6) is 0.0950. The summed E-state index contributed by atoms with van der Waals surface area (Å²) < 4.78 is 2.65. The van der Waals surface area contributed by atoms with Crippen molar-refractivity contribution in [3.8, 4) is 0 Å². The first-order valence-electron chi connectivity index (χ1n) is 5.98. The molecule has 0 saturated carbocycles. The minimum absolute atomic E-state index is 0.0950. The standard InChI is InChI=1S/C15H12ClNOS/c1-10-8-17(12-5-3-2-4-11(10)12)9-13(18)14-6-7-15(16)19-14/h2-8H,9H2,1H3. The molecule has 2 nitrogen and oxygen atoms in total. The van der Waals surface area contributed by atoms with Crippen LogP contribution in [0.2, 0.25) is 4.34 Å². The molecule has 0 unspecified atom stereocenters. The predicted molar refractivity (Wildman–Crippen MR) is 80.3 cm³/mol. The van der Waals surface area contributed by atoms with Gasteiger partial charge in [-0.2, -0.15) is 0 Å². The van der Waals surface area contributed by atoms with E-state index in [9.17, 15) is 4.79 Å². The topological polar surface area (TPSA) is 22.0 Å². The molecule has 96 valence electrons. The van der Waals surface area contributed by atoms with Crippen LogP contribution in [-0.2, 0) is 6.54 Å². The zero-order valence-corrected chi connectivity index (χ0v) is 12.0. The van der Waals surface area contributed by atoms with Gasteiger partial charge in [-0.25, -0.2) is 0 Å². The average molecular weight is 290 g/mol. The molecule has 3 aromatic rings. The summed E-state index contributed by atoms with van der Waals surface area (Å²) in [6.45, 7) is 2.41. The van der Waals surface area contributed by atoms with Crippen LogP contribution < -0.4 is 0 Å². The lowest BCUT2D eigenvalue weighted by molar-refractivity contribution is 0.0977. The first-order valence-corrected chi connectivity index (χ1v) is 7.17. The van der Waals surface area contributed by atoms with E-state index in [1.807, 2.05) is 29.0 Å². The van der Waals surface area contributed by atoms with Crippen molar-refractivity contribution < 1.29 is 4.79 Å². The van der Waals surface area contributed by atoms with Crippen LogP contribution >= 0.6 is 22.9 Å². The number of hydrogen-bond acceptors (Lipinski definition) is 2. The van der Waals surface area contributed by atoms with Crippen molar-refractivity contribution >= 4 is 39.6 Å². The monoisotopic (exact) mass is 289 g/mol. The Morgan fingerprint density at radius 3 is 2.79 bits per heavy atom. The molecule has 3 rings (SSSR count). The maximum Gasteiger partial charge on any atom is 0.192 e. The van der Waals surface area contributed by atoms with Crippen molar-refractivity contribution in [1.29, 1.82) is 0 Å². The van der Waals surface area contributed by atoms with Crippen molar-refractivity contribution in [2.45, 2.75) is 13.5 Å². The van der Waals surface area contributed by atoms with E-state index < -0.39 is 0 Å². The number of carbonyl (C=O) groups is 1. The van der Waals surface area contributed by atoms with Crippen molar-refractivity contribution in [1.82, 2.24) is 4.57 Å². The third-order valence-corrected chi connectivity index (χ3v) is 4.42. The largest absolute Gasteiger partial charge is 0.339 e. The van der Waals surface area contributed by atoms with E-state index >= 15 is 0 Å². The van der Waals surface area contributed by atoms with Crippen LogP contribution in [0.15, 0.2) is 42.6 Å². The van der Waals surface area contributed by atoms with Crippen molar-refractivity contribution in [2.75, 3.05) is 0 Å². The molecule has 0 N–H and O–H groups in total. The van der Waals surface area contributed by atoms with Crippen molar-refractivity contribution in [3.05, 3.63) is 57.4 Å². The molecule has 0 spiro atoms. The van der Waals surface area contributed by atoms with Gasteiger partial charge in [0.05, 0.1) is 15.8 Å². The number of ketones is 1. The molecule has 2 aromatic heterocycles. The van der Waals surface area contributed by atoms with Crippen LogP contribution in [0, 0.1) is 6.92 Å². The lowest BCUT2D eigenvalue weighted by Gasteiger charge is -2.03. The maximum absolute atomic E-state index is 12.2. The predicted octanol–water partition coefficient (Wildman–Crippen LogP) is 4.55. The number of halogens is 1. The second-order valence-corrected chi connectivity index (χ2v) is 6.20. The SMILES string of the molecule is Cc1cn(CC(=O)c2ccc(Cl)s2)c2ccccc12. The molecule has 0 atom stereocenters. The molecular weight excluding hydrogens is 278 g/mol. The van der Waals surface area contributed by atoms with Crippen LogP contribution in [-0.4, -0.2) is 10.4 Å². The van der Waals surface area contributed by atoms with Gasteiger partial charge in [0.25, 0.3) is 0 Å². The van der Waals surface area contributed by atoms with Gasteiger partial charge in [0.2, 0.25) is 0 Å². The average Bonchev–Trinajstić information content (AvgIpc) is 2.96. The van der Waals surface area contributed by atoms with E-state index in [2.05, 4.69) is 13.0 Å². The number of aryl methyl sites for hydroxylation is 1. The summed E-state index contributed by atoms with van der Waals surface area (Å²) in [7, 11) is 0. The normalized spacial score (nSPS) is 11.1. The van der Waals surface area contributed by atoms with E-state index in [4.69, 9.17) is 11.6 Å². The Morgan fingerprint density at radius 1 is 1.26 bits per heavy atom. The highest BCUT2D eigenvalue weighted by Gasteiger charge is 2.12. The number of rotatable bonds is 3. The summed E-state index contributed by atoms with van der Waals surface area (Å²) in [5.41, 5.74) is 2.28. The summed E-state index contributed by atoms with van der Waals surface area (Å²) in [5, 5.41) is 1.19. The summed E-state index contributed by atoms with van der Waals surface area (Å²) in [6.07, 6.45) is 2.03. The van der Waals surface area contributed by atoms with Gasteiger partial charge in [-0.15, -0.1) is 11.3 Å². The fourth-order valence-electron chi connectivity index (χ4n) is 2.26. The number of hydrogen-bond donors (Lipinski definition) is 0. The van der Waals surface area contributed by atoms with Crippen LogP contribution in [0.4, 0.5) is 0 Å². The van der Waals surface area contributed by atoms with Gasteiger partial charge in [-0.05, 0) is 30.7 Å². The van der Waals surface area contributed by atoms with Gasteiger partial charge in [0.15, 0.2) is 5.78 Å². The fraction of sp³-hybridized carbons (Fsp3) is 0.133. The Bertz CT molecular complexity index is 756. The van der Waals surface area contributed by atoms with Crippen LogP contribution in [0.1, 0.15) is 15.2 Å². The van der Waals surface area contributed by atoms with Crippen LogP contribution in [0.5, 0.6) is 0 Å². The van der Waals surface area contributed by atoms with Gasteiger partial charge in [0, 0.05) is 17.1 Å². The second kappa shape index (κ2) is 4.83. The number of para-hydroxylation sites is 1. The molecule has 0 amide bonds. The molecule has 0 fully saturated rings. The fourth-order valence-corrected chi connectivity index (χ4v) is 3.23. The molecule has 0 saturated heterocycles. The van der Waals surface area contributed by atoms with Crippen LogP contribution in [0.25, 0.3) is 10.9 Å². The minimum atomic E-state index is 0.0950. The van der Waals surface area contributed by atoms with E-state index in [0.29, 0.717) is 15.8 Å². The molecule has 0 aliphatic rings. The van der Waals surface area contributed by atoms with E-state index in [-0.39, 0.29) is 5.78 Å². The number of fused-ring (bicyclic) bond motifs is 1. The van der Waals surface area contributed by atoms with E-state index in [1.165, 1.54) is 22.3 Å². The summed E-state index contributed by atoms with van der Waals surface area (Å²) in [6, 6.07) is 11.7. The number of thiophene rings is 1. The molecule has 1 aromatic carbocycles. The van der Waals surface area contributed by atoms with Crippen LogP contribution in [0.3, 0.4) is 0 Å². The van der Waals surface area contributed by atoms with Gasteiger partial charge >= 0.3 is 0 Å². The van der Waals surface area contributed by atoms with Gasteiger partial charge < -0.3 is 4.57 Å². The lowest BCUT2D eigenvalue weighted by Crippen LogP contribution is -2.07. The Balaban J connectivity index is 1.95. The highest BCUT2D eigenvalue weighted by molar-refractivity contribution is 7.18. The molecule has 0 aliphatic carbocycles. The molecule has 4 heteroatoms. The molecule has 0 bridgehead atoms. The molecule has 19 heavy (non-hydrogen) atoms. The number of nitrogens with zero attached hydrogens (tertiary/aromatic N) is 1. The lowest BCUT2D eigenvalue weighted by atomic mass is 10.2. The summed E-state index contributed by atoms with van der Waals surface area (Å²) >= 11 is 7.20. The Morgan fingerprint density at radius 2 is 2.05 bits per heavy atom. The molecular formula is C15H12ClNOS. The quantitative estimate of drug-likeness (QED) is 0.649. The Hall–Kier alpha value is -1.58. The number of benzene rings is 1.